The second-order valence-corrected chi connectivity index (χ2v) is 9.20. The van der Waals surface area contributed by atoms with E-state index in [0.717, 1.165) is 5.57 Å². The Morgan fingerprint density at radius 1 is 1.25 bits per heavy atom. The lowest BCUT2D eigenvalue weighted by Gasteiger charge is -2.45. The van der Waals surface area contributed by atoms with Crippen LogP contribution in [0.3, 0.4) is 0 Å². The van der Waals surface area contributed by atoms with Gasteiger partial charge in [-0.1, -0.05) is 56.2 Å². The summed E-state index contributed by atoms with van der Waals surface area (Å²) in [5.74, 6) is -1.21. The Labute approximate surface area is 193 Å². The summed E-state index contributed by atoms with van der Waals surface area (Å²) in [7, 11) is 0. The van der Waals surface area contributed by atoms with Gasteiger partial charge >= 0.3 is 5.97 Å². The number of hydrogen-bond donors (Lipinski definition) is 2. The quantitative estimate of drug-likeness (QED) is 0.346. The molecule has 7 heteroatoms. The molecule has 4 atom stereocenters. The number of allylic oxidation sites excluding steroid dienone is 4. The maximum absolute atomic E-state index is 12.6. The Hall–Kier alpha value is -2.60. The van der Waals surface area contributed by atoms with Crippen molar-refractivity contribution in [3.05, 3.63) is 45.5 Å². The highest BCUT2D eigenvalue weighted by molar-refractivity contribution is 6.33. The van der Waals surface area contributed by atoms with E-state index in [4.69, 9.17) is 16.3 Å². The van der Waals surface area contributed by atoms with E-state index in [9.17, 15) is 24.6 Å². The predicted octanol–water partition coefficient (Wildman–Crippen LogP) is 5.10. The molecule has 0 heterocycles. The van der Waals surface area contributed by atoms with E-state index >= 15 is 0 Å². The van der Waals surface area contributed by atoms with Gasteiger partial charge in [0, 0.05) is 36.2 Å². The summed E-state index contributed by atoms with van der Waals surface area (Å²) >= 11 is 6.11. The normalized spacial score (nSPS) is 26.4. The van der Waals surface area contributed by atoms with Gasteiger partial charge in [-0.05, 0) is 25.8 Å². The lowest BCUT2D eigenvalue weighted by Crippen LogP contribution is -2.48. The van der Waals surface area contributed by atoms with Gasteiger partial charge in [0.25, 0.3) is 0 Å². The van der Waals surface area contributed by atoms with Gasteiger partial charge < -0.3 is 14.9 Å². The molecule has 0 spiro atoms. The van der Waals surface area contributed by atoms with Crippen LogP contribution in [0.1, 0.15) is 62.5 Å². The SMILES string of the molecule is CC(=O)O[C@H]1CC(=O)[C@H](C)[C@@](C)(C=CC(C)=CCc2c(O)c(Cl)c(C)c(C=O)c2O)[C@@H]1C. The van der Waals surface area contributed by atoms with Crippen LogP contribution in [0.4, 0.5) is 0 Å². The van der Waals surface area contributed by atoms with E-state index in [1.165, 1.54) is 6.92 Å². The molecule has 1 saturated carbocycles. The van der Waals surface area contributed by atoms with Crippen molar-refractivity contribution in [2.75, 3.05) is 0 Å². The van der Waals surface area contributed by atoms with Crippen molar-refractivity contribution in [2.24, 2.45) is 17.3 Å². The van der Waals surface area contributed by atoms with Gasteiger partial charge in [0.05, 0.1) is 10.6 Å². The third kappa shape index (κ3) is 4.90. The van der Waals surface area contributed by atoms with Crippen LogP contribution in [0.25, 0.3) is 0 Å². The van der Waals surface area contributed by atoms with Crippen molar-refractivity contribution < 1.29 is 29.3 Å². The zero-order valence-corrected chi connectivity index (χ0v) is 20.1. The monoisotopic (exact) mass is 462 g/mol. The summed E-state index contributed by atoms with van der Waals surface area (Å²) in [6.07, 6.45) is 6.04. The number of ketones is 1. The number of phenols is 2. The van der Waals surface area contributed by atoms with E-state index in [1.807, 2.05) is 39.8 Å². The molecule has 1 aliphatic carbocycles. The number of hydrogen-bond acceptors (Lipinski definition) is 6. The first-order valence-electron chi connectivity index (χ1n) is 10.6. The van der Waals surface area contributed by atoms with Crippen LogP contribution in [-0.2, 0) is 20.7 Å². The van der Waals surface area contributed by atoms with Crippen molar-refractivity contribution in [3.63, 3.8) is 0 Å². The molecule has 1 aromatic rings. The molecule has 32 heavy (non-hydrogen) atoms. The number of phenolic OH excluding ortho intramolecular Hbond substituents is 2. The number of halogens is 1. The van der Waals surface area contributed by atoms with Crippen molar-refractivity contribution in [1.82, 2.24) is 0 Å². The molecule has 0 unspecified atom stereocenters. The van der Waals surface area contributed by atoms with Gasteiger partial charge in [-0.3, -0.25) is 14.4 Å². The van der Waals surface area contributed by atoms with Crippen LogP contribution in [0, 0.1) is 24.2 Å². The molecule has 0 bridgehead atoms. The first kappa shape index (κ1) is 25.7. The highest BCUT2D eigenvalue weighted by Crippen LogP contribution is 2.46. The van der Waals surface area contributed by atoms with Crippen molar-refractivity contribution in [1.29, 1.82) is 0 Å². The topological polar surface area (TPSA) is 101 Å². The fourth-order valence-corrected chi connectivity index (χ4v) is 4.42. The largest absolute Gasteiger partial charge is 0.507 e. The minimum absolute atomic E-state index is 0.0360. The van der Waals surface area contributed by atoms with Crippen LogP contribution in [-0.4, -0.2) is 34.4 Å². The smallest absolute Gasteiger partial charge is 0.302 e. The first-order valence-corrected chi connectivity index (χ1v) is 11.0. The second-order valence-electron chi connectivity index (χ2n) is 8.83. The average Bonchev–Trinajstić information content (AvgIpc) is 2.73. The number of Topliss-reactive ketones (excluding diaryl/α,β-unsaturated/α-hetero) is 1. The zero-order valence-electron chi connectivity index (χ0n) is 19.4. The van der Waals surface area contributed by atoms with Gasteiger partial charge in [-0.15, -0.1) is 0 Å². The molecule has 1 aliphatic rings. The molecule has 0 aliphatic heterocycles. The molecule has 6 nitrogen and oxygen atoms in total. The summed E-state index contributed by atoms with van der Waals surface area (Å²) in [5.41, 5.74) is 0.854. The Kier molecular flexibility index (Phi) is 7.94. The average molecular weight is 463 g/mol. The number of aromatic hydroxyl groups is 2. The van der Waals surface area contributed by atoms with E-state index in [1.54, 1.807) is 13.0 Å². The molecular formula is C25H31ClO6. The van der Waals surface area contributed by atoms with Crippen LogP contribution in [0.2, 0.25) is 5.02 Å². The molecule has 0 saturated heterocycles. The summed E-state index contributed by atoms with van der Waals surface area (Å²) in [5, 5.41) is 20.8. The van der Waals surface area contributed by atoms with Gasteiger partial charge in [-0.25, -0.2) is 0 Å². The number of benzene rings is 1. The minimum Gasteiger partial charge on any atom is -0.507 e. The summed E-state index contributed by atoms with van der Waals surface area (Å²) < 4.78 is 5.39. The number of esters is 1. The number of carbonyl (C=O) groups excluding carboxylic acids is 3. The number of carbonyl (C=O) groups is 3. The highest BCUT2D eigenvalue weighted by Gasteiger charge is 2.48. The lowest BCUT2D eigenvalue weighted by molar-refractivity contribution is -0.159. The van der Waals surface area contributed by atoms with Gasteiger partial charge in [0.1, 0.15) is 23.4 Å². The van der Waals surface area contributed by atoms with Crippen LogP contribution in [0.5, 0.6) is 11.5 Å². The minimum atomic E-state index is -0.521. The molecule has 2 N–H and O–H groups in total. The lowest BCUT2D eigenvalue weighted by atomic mass is 9.60. The van der Waals surface area contributed by atoms with E-state index in [-0.39, 0.29) is 58.1 Å². The maximum Gasteiger partial charge on any atom is 0.302 e. The third-order valence-corrected chi connectivity index (χ3v) is 7.36. The Morgan fingerprint density at radius 2 is 1.88 bits per heavy atom. The Bertz CT molecular complexity index is 993. The number of rotatable bonds is 6. The summed E-state index contributed by atoms with van der Waals surface area (Å²) in [6.45, 7) is 10.6. The molecule has 0 aromatic heterocycles. The second kappa shape index (κ2) is 9.90. The van der Waals surface area contributed by atoms with Crippen molar-refractivity contribution >= 4 is 29.6 Å². The van der Waals surface area contributed by atoms with Crippen molar-refractivity contribution in [2.45, 2.75) is 60.5 Å². The fraction of sp³-hybridized carbons (Fsp3) is 0.480. The van der Waals surface area contributed by atoms with Gasteiger partial charge in [0.2, 0.25) is 0 Å². The van der Waals surface area contributed by atoms with E-state index in [2.05, 4.69) is 0 Å². The predicted molar refractivity (Wildman–Crippen MR) is 123 cm³/mol. The Balaban J connectivity index is 2.31. The van der Waals surface area contributed by atoms with Gasteiger partial charge in [0.15, 0.2) is 6.29 Å². The fourth-order valence-electron chi connectivity index (χ4n) is 4.21. The molecule has 174 valence electrons. The molecule has 1 aromatic carbocycles. The highest BCUT2D eigenvalue weighted by atomic mass is 35.5. The standard InChI is InChI=1S/C25H31ClO6/c1-13(7-8-18-23(30)19(12-27)14(2)22(26)24(18)31)9-10-25(6)15(3)20(29)11-21(16(25)4)32-17(5)28/h7,9-10,12,15-16,21,30-31H,8,11H2,1-6H3/t15-,16+,21-,25+/m0/s1. The van der Waals surface area contributed by atoms with E-state index in [0.29, 0.717) is 11.8 Å². The summed E-state index contributed by atoms with van der Waals surface area (Å²) in [4.78, 5) is 35.3. The number of aldehydes is 1. The molecular weight excluding hydrogens is 432 g/mol. The summed E-state index contributed by atoms with van der Waals surface area (Å²) in [6, 6.07) is 0. The van der Waals surface area contributed by atoms with Crippen LogP contribution in [0.15, 0.2) is 23.8 Å². The van der Waals surface area contributed by atoms with Crippen LogP contribution >= 0.6 is 11.6 Å². The van der Waals surface area contributed by atoms with Gasteiger partial charge in [-0.2, -0.15) is 0 Å². The first-order chi connectivity index (χ1) is 14.8. The molecule has 0 radical (unpaired) electrons. The van der Waals surface area contributed by atoms with Crippen LogP contribution < -0.4 is 0 Å². The molecule has 2 rings (SSSR count). The van der Waals surface area contributed by atoms with E-state index < -0.39 is 17.5 Å². The number of ether oxygens (including phenoxy) is 1. The van der Waals surface area contributed by atoms with Crippen molar-refractivity contribution in [3.8, 4) is 11.5 Å². The zero-order chi connectivity index (χ0) is 24.4. The third-order valence-electron chi connectivity index (χ3n) is 6.89. The molecule has 0 amide bonds. The molecule has 1 fully saturated rings. The maximum atomic E-state index is 12.6. The Morgan fingerprint density at radius 3 is 2.44 bits per heavy atom.